The largest absolute Gasteiger partial charge is 0.265 e. The van der Waals surface area contributed by atoms with Crippen molar-refractivity contribution in [2.24, 2.45) is 0 Å². The Kier molecular flexibility index (Phi) is 4.78. The van der Waals surface area contributed by atoms with Crippen molar-refractivity contribution in [1.29, 1.82) is 0 Å². The zero-order valence-electron chi connectivity index (χ0n) is 19.5. The lowest BCUT2D eigenvalue weighted by molar-refractivity contribution is 1.31. The van der Waals surface area contributed by atoms with Crippen LogP contribution in [0.5, 0.6) is 0 Å². The highest BCUT2D eigenvalue weighted by atomic mass is 14.7. The highest BCUT2D eigenvalue weighted by Crippen LogP contribution is 2.32. The fourth-order valence-electron chi connectivity index (χ4n) is 4.88. The molecule has 0 aliphatic rings. The van der Waals surface area contributed by atoms with Crippen LogP contribution in [0.25, 0.3) is 66.2 Å². The van der Waals surface area contributed by atoms with E-state index in [4.69, 9.17) is 9.97 Å². The van der Waals surface area contributed by atoms with Crippen LogP contribution in [0.2, 0.25) is 0 Å². The molecular formula is C33H21N3. The van der Waals surface area contributed by atoms with Gasteiger partial charge in [-0.3, -0.25) is 4.98 Å². The summed E-state index contributed by atoms with van der Waals surface area (Å²) in [6.45, 7) is 0. The highest BCUT2D eigenvalue weighted by Gasteiger charge is 2.08. The summed E-state index contributed by atoms with van der Waals surface area (Å²) in [4.78, 5) is 14.1. The predicted molar refractivity (Wildman–Crippen MR) is 149 cm³/mol. The molecule has 0 aliphatic heterocycles. The third kappa shape index (κ3) is 3.58. The zero-order chi connectivity index (χ0) is 23.9. The molecule has 0 bridgehead atoms. The van der Waals surface area contributed by atoms with E-state index in [9.17, 15) is 0 Å². The van der Waals surface area contributed by atoms with E-state index in [0.717, 1.165) is 44.3 Å². The van der Waals surface area contributed by atoms with E-state index in [1.54, 1.807) is 12.4 Å². The summed E-state index contributed by atoms with van der Waals surface area (Å²) in [6.07, 6.45) is 3.59. The number of nitrogens with zero attached hydrogens (tertiary/aromatic N) is 3. The molecule has 36 heavy (non-hydrogen) atoms. The van der Waals surface area contributed by atoms with Gasteiger partial charge >= 0.3 is 0 Å². The molecule has 0 atom stereocenters. The normalized spacial score (nSPS) is 11.3. The first kappa shape index (κ1) is 20.5. The van der Waals surface area contributed by atoms with Gasteiger partial charge in [0.15, 0.2) is 0 Å². The number of pyridine rings is 3. The van der Waals surface area contributed by atoms with Crippen molar-refractivity contribution < 1.29 is 0 Å². The van der Waals surface area contributed by atoms with Crippen LogP contribution >= 0.6 is 0 Å². The van der Waals surface area contributed by atoms with E-state index >= 15 is 0 Å². The number of hydrogen-bond donors (Lipinski definition) is 0. The SMILES string of the molecule is c1ccc2c(-c3ccc4ccc(-c5ccc6ccc(-c7ccncc7)nc6c5)nc4c3)cccc2c1. The molecule has 0 unspecified atom stereocenters. The lowest BCUT2D eigenvalue weighted by atomic mass is 9.97. The fraction of sp³-hybridized carbons (Fsp3) is 0. The topological polar surface area (TPSA) is 38.7 Å². The van der Waals surface area contributed by atoms with E-state index in [-0.39, 0.29) is 0 Å². The average Bonchev–Trinajstić information content (AvgIpc) is 2.96. The summed E-state index contributed by atoms with van der Waals surface area (Å²) in [5, 5.41) is 4.73. The van der Waals surface area contributed by atoms with Crippen molar-refractivity contribution in [3.63, 3.8) is 0 Å². The standard InChI is InChI=1S/C33H21N3/c1-2-6-28-22(4-1)5-3-7-29(28)26-10-8-23-13-15-31(36-32(23)20-26)27-11-9-24-12-14-30(35-33(24)21-27)25-16-18-34-19-17-25/h1-21H. The lowest BCUT2D eigenvalue weighted by Gasteiger charge is -2.10. The van der Waals surface area contributed by atoms with E-state index in [1.165, 1.54) is 21.9 Å². The molecule has 3 heteroatoms. The molecule has 3 nitrogen and oxygen atoms in total. The second kappa shape index (κ2) is 8.40. The predicted octanol–water partition coefficient (Wildman–Crippen LogP) is 8.33. The lowest BCUT2D eigenvalue weighted by Crippen LogP contribution is -1.89. The maximum Gasteiger partial charge on any atom is 0.0716 e. The molecule has 0 saturated heterocycles. The Morgan fingerprint density at radius 3 is 1.81 bits per heavy atom. The monoisotopic (exact) mass is 459 g/mol. The number of fused-ring (bicyclic) bond motifs is 3. The van der Waals surface area contributed by atoms with Crippen LogP contribution < -0.4 is 0 Å². The molecule has 0 radical (unpaired) electrons. The third-order valence-electron chi connectivity index (χ3n) is 6.76. The first-order valence-electron chi connectivity index (χ1n) is 12.0. The van der Waals surface area contributed by atoms with E-state index in [1.807, 2.05) is 12.1 Å². The minimum absolute atomic E-state index is 0.938. The minimum Gasteiger partial charge on any atom is -0.265 e. The van der Waals surface area contributed by atoms with Gasteiger partial charge in [0.1, 0.15) is 0 Å². The van der Waals surface area contributed by atoms with Crippen LogP contribution in [-0.2, 0) is 0 Å². The van der Waals surface area contributed by atoms with Crippen LogP contribution in [0.1, 0.15) is 0 Å². The van der Waals surface area contributed by atoms with Crippen LogP contribution in [0.4, 0.5) is 0 Å². The van der Waals surface area contributed by atoms with Gasteiger partial charge in [-0.1, -0.05) is 78.9 Å². The Morgan fingerprint density at radius 2 is 1.03 bits per heavy atom. The van der Waals surface area contributed by atoms with Crippen molar-refractivity contribution in [3.05, 3.63) is 128 Å². The molecule has 0 N–H and O–H groups in total. The molecule has 7 rings (SSSR count). The summed E-state index contributed by atoms with van der Waals surface area (Å²) < 4.78 is 0. The van der Waals surface area contributed by atoms with E-state index in [0.29, 0.717) is 0 Å². The Hall–Kier alpha value is -4.89. The summed E-state index contributed by atoms with van der Waals surface area (Å²) in [5.74, 6) is 0. The average molecular weight is 460 g/mol. The summed E-state index contributed by atoms with van der Waals surface area (Å²) in [7, 11) is 0. The van der Waals surface area contributed by atoms with Gasteiger partial charge in [-0.05, 0) is 58.3 Å². The molecular weight excluding hydrogens is 438 g/mol. The molecule has 0 saturated carbocycles. The first-order chi connectivity index (χ1) is 17.8. The molecule has 3 aromatic heterocycles. The maximum absolute atomic E-state index is 5.06. The number of aromatic nitrogens is 3. The molecule has 0 aliphatic carbocycles. The Morgan fingerprint density at radius 1 is 0.417 bits per heavy atom. The van der Waals surface area contributed by atoms with Gasteiger partial charge in [0.05, 0.1) is 22.4 Å². The van der Waals surface area contributed by atoms with Gasteiger partial charge in [-0.2, -0.15) is 0 Å². The minimum atomic E-state index is 0.938. The molecule has 0 amide bonds. The zero-order valence-corrected chi connectivity index (χ0v) is 19.5. The van der Waals surface area contributed by atoms with Gasteiger partial charge in [-0.15, -0.1) is 0 Å². The second-order valence-corrected chi connectivity index (χ2v) is 8.97. The van der Waals surface area contributed by atoms with Gasteiger partial charge < -0.3 is 0 Å². The maximum atomic E-state index is 5.06. The van der Waals surface area contributed by atoms with E-state index in [2.05, 4.69) is 108 Å². The second-order valence-electron chi connectivity index (χ2n) is 8.97. The summed E-state index contributed by atoms with van der Waals surface area (Å²) in [5.41, 5.74) is 8.32. The van der Waals surface area contributed by atoms with Crippen LogP contribution in [0, 0.1) is 0 Å². The van der Waals surface area contributed by atoms with Gasteiger partial charge in [0, 0.05) is 34.3 Å². The third-order valence-corrected chi connectivity index (χ3v) is 6.76. The fourth-order valence-corrected chi connectivity index (χ4v) is 4.88. The highest BCUT2D eigenvalue weighted by molar-refractivity contribution is 5.98. The summed E-state index contributed by atoms with van der Waals surface area (Å²) >= 11 is 0. The quantitative estimate of drug-likeness (QED) is 0.267. The Labute approximate surface area is 208 Å². The van der Waals surface area contributed by atoms with Gasteiger partial charge in [-0.25, -0.2) is 9.97 Å². The molecule has 4 aromatic carbocycles. The molecule has 0 spiro atoms. The van der Waals surface area contributed by atoms with Crippen LogP contribution in [0.3, 0.4) is 0 Å². The Bertz CT molecular complexity index is 1890. The van der Waals surface area contributed by atoms with Crippen molar-refractivity contribution in [2.75, 3.05) is 0 Å². The smallest absolute Gasteiger partial charge is 0.0716 e. The molecule has 3 heterocycles. The number of hydrogen-bond acceptors (Lipinski definition) is 3. The Balaban J connectivity index is 1.32. The van der Waals surface area contributed by atoms with Gasteiger partial charge in [0.2, 0.25) is 0 Å². The van der Waals surface area contributed by atoms with E-state index < -0.39 is 0 Å². The van der Waals surface area contributed by atoms with Crippen LogP contribution in [-0.4, -0.2) is 15.0 Å². The summed E-state index contributed by atoms with van der Waals surface area (Å²) in [6, 6.07) is 40.3. The number of rotatable bonds is 3. The number of benzene rings is 4. The first-order valence-corrected chi connectivity index (χ1v) is 12.0. The molecule has 168 valence electrons. The molecule has 7 aromatic rings. The van der Waals surface area contributed by atoms with Crippen LogP contribution in [0.15, 0.2) is 128 Å². The van der Waals surface area contributed by atoms with Crippen molar-refractivity contribution in [3.8, 4) is 33.6 Å². The van der Waals surface area contributed by atoms with Crippen molar-refractivity contribution >= 4 is 32.6 Å². The van der Waals surface area contributed by atoms with Gasteiger partial charge in [0.25, 0.3) is 0 Å². The van der Waals surface area contributed by atoms with Crippen molar-refractivity contribution in [2.45, 2.75) is 0 Å². The molecule has 0 fully saturated rings. The van der Waals surface area contributed by atoms with Crippen molar-refractivity contribution in [1.82, 2.24) is 15.0 Å².